The summed E-state index contributed by atoms with van der Waals surface area (Å²) < 4.78 is 36.5. The molecule has 0 spiro atoms. The molecule has 226 valence electrons. The van der Waals surface area contributed by atoms with E-state index in [4.69, 9.17) is 23.3 Å². The van der Waals surface area contributed by atoms with Gasteiger partial charge in [-0.25, -0.2) is 19.6 Å². The summed E-state index contributed by atoms with van der Waals surface area (Å²) in [6.07, 6.45) is 4.01. The van der Waals surface area contributed by atoms with Crippen molar-refractivity contribution in [1.29, 1.82) is 0 Å². The van der Waals surface area contributed by atoms with E-state index in [0.29, 0.717) is 17.6 Å². The van der Waals surface area contributed by atoms with E-state index in [9.17, 15) is 4.79 Å². The van der Waals surface area contributed by atoms with Gasteiger partial charge >= 0.3 is 5.97 Å². The van der Waals surface area contributed by atoms with E-state index in [1.165, 1.54) is 6.33 Å². The van der Waals surface area contributed by atoms with Crippen molar-refractivity contribution < 1.29 is 28.1 Å². The first kappa shape index (κ1) is 29.5. The Morgan fingerprint density at radius 2 is 1.95 bits per heavy atom. The van der Waals surface area contributed by atoms with Crippen molar-refractivity contribution in [2.45, 2.75) is 97.0 Å². The molecule has 0 amide bonds. The smallest absolute Gasteiger partial charge is 0.313 e. The number of ether oxygens (including phenoxy) is 3. The van der Waals surface area contributed by atoms with Gasteiger partial charge in [0.05, 0.1) is 29.6 Å². The van der Waals surface area contributed by atoms with E-state index in [1.807, 2.05) is 38.3 Å². The van der Waals surface area contributed by atoms with Crippen molar-refractivity contribution in [3.8, 4) is 0 Å². The Labute approximate surface area is 247 Å². The third-order valence-electron chi connectivity index (χ3n) is 8.46. The summed E-state index contributed by atoms with van der Waals surface area (Å²) in [5, 5.41) is 0. The van der Waals surface area contributed by atoms with Crippen LogP contribution in [-0.4, -0.2) is 67.9 Å². The van der Waals surface area contributed by atoms with Gasteiger partial charge in [-0.2, -0.15) is 0 Å². The van der Waals surface area contributed by atoms with Crippen LogP contribution in [0.3, 0.4) is 0 Å². The van der Waals surface area contributed by atoms with Crippen LogP contribution < -0.4 is 0 Å². The molecule has 3 aliphatic heterocycles. The van der Waals surface area contributed by atoms with Gasteiger partial charge in [-0.3, -0.25) is 9.36 Å². The fourth-order valence-corrected chi connectivity index (χ4v) is 8.24. The molecule has 1 aromatic carbocycles. The highest BCUT2D eigenvalue weighted by atomic mass is 31.2. The molecular weight excluding hydrogens is 557 g/mol. The highest BCUT2D eigenvalue weighted by Crippen LogP contribution is 2.64. The average Bonchev–Trinajstić information content (AvgIpc) is 3.74. The number of imidazole rings is 1. The Kier molecular flexibility index (Phi) is 8.10. The van der Waals surface area contributed by atoms with Crippen molar-refractivity contribution in [3.63, 3.8) is 0 Å². The molecule has 11 nitrogen and oxygen atoms in total. The van der Waals surface area contributed by atoms with Crippen molar-refractivity contribution in [1.82, 2.24) is 24.2 Å². The number of aryl methyl sites for hydroxylation is 1. The van der Waals surface area contributed by atoms with E-state index in [0.717, 1.165) is 30.6 Å². The highest BCUT2D eigenvalue weighted by Gasteiger charge is 2.57. The maximum Gasteiger partial charge on any atom is 0.313 e. The molecule has 7 atom stereocenters. The molecule has 3 aliphatic rings. The fourth-order valence-electron chi connectivity index (χ4n) is 6.09. The van der Waals surface area contributed by atoms with Crippen LogP contribution in [0.5, 0.6) is 0 Å². The first-order valence-electron chi connectivity index (χ1n) is 14.7. The van der Waals surface area contributed by atoms with Crippen molar-refractivity contribution >= 4 is 25.7 Å². The summed E-state index contributed by atoms with van der Waals surface area (Å²) >= 11 is 0. The molecule has 12 heteroatoms. The second kappa shape index (κ2) is 11.5. The van der Waals surface area contributed by atoms with Gasteiger partial charge < -0.3 is 23.3 Å². The molecule has 3 saturated heterocycles. The molecule has 42 heavy (non-hydrogen) atoms. The first-order chi connectivity index (χ1) is 20.1. The van der Waals surface area contributed by atoms with Crippen LogP contribution in [0.1, 0.15) is 71.4 Å². The lowest BCUT2D eigenvalue weighted by Crippen LogP contribution is -2.38. The van der Waals surface area contributed by atoms with Gasteiger partial charge in [-0.15, -0.1) is 0 Å². The molecule has 6 rings (SSSR count). The van der Waals surface area contributed by atoms with E-state index >= 15 is 0 Å². The minimum Gasteiger partial charge on any atom is -0.438 e. The zero-order valence-corrected chi connectivity index (χ0v) is 26.0. The maximum atomic E-state index is 12.6. The fraction of sp³-hybridized carbons (Fsp3) is 0.600. The van der Waals surface area contributed by atoms with Crippen LogP contribution in [0.15, 0.2) is 43.0 Å². The number of aromatic nitrogens is 4. The monoisotopic (exact) mass is 597 g/mol. The van der Waals surface area contributed by atoms with E-state index in [2.05, 4.69) is 57.7 Å². The number of fused-ring (bicyclic) bond motifs is 2. The Morgan fingerprint density at radius 1 is 1.17 bits per heavy atom. The van der Waals surface area contributed by atoms with Crippen molar-refractivity contribution in [2.24, 2.45) is 5.41 Å². The summed E-state index contributed by atoms with van der Waals surface area (Å²) in [5.74, 6) is -0.346. The van der Waals surface area contributed by atoms with E-state index < -0.39 is 38.0 Å². The normalized spacial score (nSPS) is 31.6. The predicted octanol–water partition coefficient (Wildman–Crippen LogP) is 5.40. The van der Waals surface area contributed by atoms with Gasteiger partial charge in [0.15, 0.2) is 18.7 Å². The molecule has 0 bridgehead atoms. The maximum absolute atomic E-state index is 12.6. The van der Waals surface area contributed by atoms with Crippen LogP contribution in [0, 0.1) is 12.3 Å². The van der Waals surface area contributed by atoms with Gasteiger partial charge in [0.25, 0.3) is 8.53 Å². The van der Waals surface area contributed by atoms with Crippen molar-refractivity contribution in [2.75, 3.05) is 13.3 Å². The minimum atomic E-state index is -1.41. The van der Waals surface area contributed by atoms with E-state index in [-0.39, 0.29) is 24.9 Å². The molecular formula is C30H40N5O6P. The lowest BCUT2D eigenvalue weighted by Gasteiger charge is -2.29. The van der Waals surface area contributed by atoms with Gasteiger partial charge in [0.1, 0.15) is 29.7 Å². The second-order valence-electron chi connectivity index (χ2n) is 12.4. The van der Waals surface area contributed by atoms with E-state index in [1.54, 1.807) is 6.33 Å². The molecule has 0 saturated carbocycles. The number of benzene rings is 1. The third-order valence-corrected chi connectivity index (χ3v) is 10.3. The number of hydrogen-bond donors (Lipinski definition) is 0. The van der Waals surface area contributed by atoms with Crippen LogP contribution in [0.25, 0.3) is 11.2 Å². The highest BCUT2D eigenvalue weighted by molar-refractivity contribution is 7.45. The van der Waals surface area contributed by atoms with Crippen LogP contribution in [-0.2, 0) is 33.7 Å². The zero-order chi connectivity index (χ0) is 29.6. The molecule has 2 aromatic heterocycles. The second-order valence-corrected chi connectivity index (χ2v) is 13.8. The zero-order valence-electron chi connectivity index (χ0n) is 25.1. The molecule has 0 radical (unpaired) electrons. The quantitative estimate of drug-likeness (QED) is 0.190. The average molecular weight is 598 g/mol. The number of carbonyl (C=O) groups is 1. The van der Waals surface area contributed by atoms with Crippen molar-refractivity contribution in [3.05, 3.63) is 54.2 Å². The molecule has 0 aliphatic carbocycles. The molecule has 1 unspecified atom stereocenters. The lowest BCUT2D eigenvalue weighted by molar-refractivity contribution is -0.178. The third kappa shape index (κ3) is 5.25. The van der Waals surface area contributed by atoms with Gasteiger partial charge in [0, 0.05) is 6.54 Å². The summed E-state index contributed by atoms with van der Waals surface area (Å²) in [6, 6.07) is 10.6. The van der Waals surface area contributed by atoms with Gasteiger partial charge in [0.2, 0.25) is 0 Å². The predicted molar refractivity (Wildman–Crippen MR) is 156 cm³/mol. The SMILES string of the molecule is CC[C@H]1O[C@@H](n2cnc3c(C)ncnc32)C(OCOC(=O)C(C)(C)C)[C@H]1O[P@@]1O[C@](C)(c2ccccc2)[C@@H]2CCCN21. The largest absolute Gasteiger partial charge is 0.438 e. The Hall–Kier alpha value is -2.53. The number of hydrogen-bond acceptors (Lipinski definition) is 10. The summed E-state index contributed by atoms with van der Waals surface area (Å²) in [6.45, 7) is 12.2. The molecule has 3 fully saturated rings. The standard InChI is InChI=1S/C30H40N5O6P/c1-7-21-24(40-42-35-15-11-14-22(35)30(6,41-42)20-12-9-8-10-13-20)25(37-18-38-28(36)29(3,4)5)27(39-21)34-17-33-23-19(2)31-16-32-26(23)34/h8-10,12-13,16-17,21-22,24-25,27H,7,11,14-15,18H2,1-6H3/t21-,22+,24+,25?,27-,30-,42+/m1/s1. The Bertz CT molecular complexity index is 1420. The minimum absolute atomic E-state index is 0.216. The number of esters is 1. The van der Waals surface area contributed by atoms with Crippen LogP contribution in [0.4, 0.5) is 0 Å². The number of carbonyl (C=O) groups excluding carboxylic acids is 1. The van der Waals surface area contributed by atoms with Gasteiger partial charge in [-0.1, -0.05) is 37.3 Å². The van der Waals surface area contributed by atoms with Gasteiger partial charge in [-0.05, 0) is 59.4 Å². The van der Waals surface area contributed by atoms with Crippen LogP contribution >= 0.6 is 8.53 Å². The Balaban J connectivity index is 1.30. The summed E-state index contributed by atoms with van der Waals surface area (Å²) in [7, 11) is -1.41. The molecule has 5 heterocycles. The molecule has 0 N–H and O–H groups in total. The number of rotatable bonds is 8. The van der Waals surface area contributed by atoms with Crippen LogP contribution in [0.2, 0.25) is 0 Å². The number of nitrogens with zero attached hydrogens (tertiary/aromatic N) is 5. The topological polar surface area (TPSA) is 110 Å². The summed E-state index contributed by atoms with van der Waals surface area (Å²) in [5.41, 5.74) is 2.11. The molecule has 3 aromatic rings. The lowest BCUT2D eigenvalue weighted by atomic mass is 9.87. The first-order valence-corrected chi connectivity index (χ1v) is 15.8. The summed E-state index contributed by atoms with van der Waals surface area (Å²) in [4.78, 5) is 25.9. The Morgan fingerprint density at radius 3 is 2.69 bits per heavy atom.